The van der Waals surface area contributed by atoms with Crippen molar-refractivity contribution in [2.45, 2.75) is 19.9 Å². The summed E-state index contributed by atoms with van der Waals surface area (Å²) in [5, 5.41) is 9.93. The summed E-state index contributed by atoms with van der Waals surface area (Å²) in [6, 6.07) is 10.2. The van der Waals surface area contributed by atoms with E-state index in [0.717, 1.165) is 5.56 Å². The minimum absolute atomic E-state index is 0.187. The Morgan fingerprint density at radius 2 is 2.11 bits per heavy atom. The molecular weight excluding hydrogens is 342 g/mol. The molecule has 1 aromatic carbocycles. The molecule has 0 aliphatic heterocycles. The first-order chi connectivity index (χ1) is 13.1. The number of carbonyl (C=O) groups is 1. The molecule has 1 atom stereocenters. The van der Waals surface area contributed by atoms with Crippen LogP contribution in [0.2, 0.25) is 0 Å². The summed E-state index contributed by atoms with van der Waals surface area (Å²) in [6.45, 7) is 3.99. The first-order valence-electron chi connectivity index (χ1n) is 8.39. The van der Waals surface area contributed by atoms with Crippen molar-refractivity contribution < 1.29 is 9.53 Å². The summed E-state index contributed by atoms with van der Waals surface area (Å²) in [5.41, 5.74) is 2.26. The zero-order chi connectivity index (χ0) is 19.2. The number of nitrogens with zero attached hydrogens (tertiary/aromatic N) is 3. The largest absolute Gasteiger partial charge is 0.481 e. The molecule has 2 N–H and O–H groups in total. The summed E-state index contributed by atoms with van der Waals surface area (Å²) in [6.07, 6.45) is 6.86. The SMILES string of the molecule is C#CCOc1ccc(C(=O)N[C@@H](C)c2nc(-c3cc(C)ccn3)n[nH]2)cc1. The molecule has 0 saturated heterocycles. The molecule has 3 rings (SSSR count). The van der Waals surface area contributed by atoms with Gasteiger partial charge in [-0.1, -0.05) is 5.92 Å². The van der Waals surface area contributed by atoms with Gasteiger partial charge in [0, 0.05) is 11.8 Å². The van der Waals surface area contributed by atoms with Gasteiger partial charge in [-0.3, -0.25) is 14.9 Å². The first-order valence-corrected chi connectivity index (χ1v) is 8.39. The number of amides is 1. The molecule has 0 bridgehead atoms. The van der Waals surface area contributed by atoms with Crippen LogP contribution in [-0.2, 0) is 0 Å². The number of aromatic nitrogens is 4. The number of nitrogens with one attached hydrogen (secondary N) is 2. The molecule has 2 aromatic heterocycles. The van der Waals surface area contributed by atoms with Gasteiger partial charge >= 0.3 is 0 Å². The van der Waals surface area contributed by atoms with E-state index in [1.807, 2.05) is 26.0 Å². The average Bonchev–Trinajstić information content (AvgIpc) is 3.17. The number of hydrogen-bond acceptors (Lipinski definition) is 5. The minimum Gasteiger partial charge on any atom is -0.481 e. The number of H-pyrrole nitrogens is 1. The van der Waals surface area contributed by atoms with Gasteiger partial charge < -0.3 is 10.1 Å². The van der Waals surface area contributed by atoms with Crippen molar-refractivity contribution in [3.63, 3.8) is 0 Å². The molecule has 0 radical (unpaired) electrons. The van der Waals surface area contributed by atoms with Gasteiger partial charge in [0.15, 0.2) is 5.82 Å². The summed E-state index contributed by atoms with van der Waals surface area (Å²) in [7, 11) is 0. The van der Waals surface area contributed by atoms with Crippen LogP contribution in [0.3, 0.4) is 0 Å². The fourth-order valence-corrected chi connectivity index (χ4v) is 2.42. The van der Waals surface area contributed by atoms with Gasteiger partial charge in [-0.2, -0.15) is 5.10 Å². The molecule has 7 heteroatoms. The lowest BCUT2D eigenvalue weighted by atomic mass is 10.2. The summed E-state index contributed by atoms with van der Waals surface area (Å²) in [4.78, 5) is 21.1. The van der Waals surface area contributed by atoms with Crippen molar-refractivity contribution in [1.82, 2.24) is 25.5 Å². The van der Waals surface area contributed by atoms with Gasteiger partial charge in [0.1, 0.15) is 23.9 Å². The Balaban J connectivity index is 1.66. The topological polar surface area (TPSA) is 92.8 Å². The van der Waals surface area contributed by atoms with Crippen molar-refractivity contribution in [2.24, 2.45) is 0 Å². The van der Waals surface area contributed by atoms with Crippen LogP contribution in [0.1, 0.15) is 34.7 Å². The second-order valence-corrected chi connectivity index (χ2v) is 5.98. The van der Waals surface area contributed by atoms with Gasteiger partial charge in [-0.05, 0) is 55.8 Å². The molecule has 0 aliphatic carbocycles. The van der Waals surface area contributed by atoms with Crippen LogP contribution in [0.15, 0.2) is 42.6 Å². The highest BCUT2D eigenvalue weighted by molar-refractivity contribution is 5.94. The highest BCUT2D eigenvalue weighted by Gasteiger charge is 2.16. The van der Waals surface area contributed by atoms with Gasteiger partial charge in [-0.15, -0.1) is 6.42 Å². The zero-order valence-corrected chi connectivity index (χ0v) is 15.1. The van der Waals surface area contributed by atoms with Crippen LogP contribution in [0.25, 0.3) is 11.5 Å². The quantitative estimate of drug-likeness (QED) is 0.659. The number of terminal acetylenes is 1. The molecule has 0 saturated carbocycles. The van der Waals surface area contributed by atoms with E-state index in [2.05, 4.69) is 31.4 Å². The Morgan fingerprint density at radius 1 is 1.33 bits per heavy atom. The number of carbonyl (C=O) groups excluding carboxylic acids is 1. The summed E-state index contributed by atoms with van der Waals surface area (Å²) >= 11 is 0. The van der Waals surface area contributed by atoms with E-state index >= 15 is 0 Å². The van der Waals surface area contributed by atoms with Gasteiger partial charge in [0.2, 0.25) is 0 Å². The van der Waals surface area contributed by atoms with E-state index in [-0.39, 0.29) is 18.6 Å². The highest BCUT2D eigenvalue weighted by atomic mass is 16.5. The highest BCUT2D eigenvalue weighted by Crippen LogP contribution is 2.17. The molecule has 0 fully saturated rings. The molecule has 3 aromatic rings. The predicted molar refractivity (Wildman–Crippen MR) is 101 cm³/mol. The van der Waals surface area contributed by atoms with E-state index in [0.29, 0.717) is 28.7 Å². The fourth-order valence-electron chi connectivity index (χ4n) is 2.42. The number of benzene rings is 1. The van der Waals surface area contributed by atoms with Gasteiger partial charge in [-0.25, -0.2) is 4.98 Å². The summed E-state index contributed by atoms with van der Waals surface area (Å²) < 4.78 is 5.30. The van der Waals surface area contributed by atoms with E-state index in [9.17, 15) is 4.79 Å². The normalized spacial score (nSPS) is 11.4. The Labute approximate surface area is 157 Å². The van der Waals surface area contributed by atoms with Crippen molar-refractivity contribution in [1.29, 1.82) is 0 Å². The standard InChI is InChI=1S/C20H19N5O2/c1-4-11-27-16-7-5-15(6-8-16)20(26)22-14(3)18-23-19(25-24-18)17-12-13(2)9-10-21-17/h1,5-10,12,14H,11H2,2-3H3,(H,22,26)(H,23,24,25)/t14-/m0/s1. The van der Waals surface area contributed by atoms with E-state index in [1.54, 1.807) is 30.5 Å². The van der Waals surface area contributed by atoms with E-state index in [1.165, 1.54) is 0 Å². The van der Waals surface area contributed by atoms with Crippen LogP contribution >= 0.6 is 0 Å². The van der Waals surface area contributed by atoms with E-state index in [4.69, 9.17) is 11.2 Å². The zero-order valence-electron chi connectivity index (χ0n) is 15.1. The Kier molecular flexibility index (Phi) is 5.47. The second kappa shape index (κ2) is 8.15. The molecular formula is C20H19N5O2. The molecule has 136 valence electrons. The Bertz CT molecular complexity index is 973. The third kappa shape index (κ3) is 4.50. The molecule has 2 heterocycles. The van der Waals surface area contributed by atoms with Crippen LogP contribution in [0.5, 0.6) is 5.75 Å². The number of hydrogen-bond donors (Lipinski definition) is 2. The maximum Gasteiger partial charge on any atom is 0.251 e. The number of aromatic amines is 1. The number of rotatable bonds is 6. The fraction of sp³-hybridized carbons (Fsp3) is 0.200. The number of aryl methyl sites for hydroxylation is 1. The van der Waals surface area contributed by atoms with Crippen molar-refractivity contribution in [3.05, 3.63) is 59.5 Å². The third-order valence-corrected chi connectivity index (χ3v) is 3.84. The van der Waals surface area contributed by atoms with Crippen LogP contribution in [0.4, 0.5) is 0 Å². The maximum atomic E-state index is 12.4. The molecule has 1 amide bonds. The van der Waals surface area contributed by atoms with Crippen LogP contribution in [0, 0.1) is 19.3 Å². The van der Waals surface area contributed by atoms with Crippen molar-refractivity contribution in [2.75, 3.05) is 6.61 Å². The lowest BCUT2D eigenvalue weighted by Gasteiger charge is -2.11. The van der Waals surface area contributed by atoms with Crippen LogP contribution in [-0.4, -0.2) is 32.7 Å². The summed E-state index contributed by atoms with van der Waals surface area (Å²) in [5.74, 6) is 3.82. The monoisotopic (exact) mass is 361 g/mol. The minimum atomic E-state index is -0.346. The maximum absolute atomic E-state index is 12.4. The second-order valence-electron chi connectivity index (χ2n) is 5.98. The van der Waals surface area contributed by atoms with Crippen molar-refractivity contribution >= 4 is 5.91 Å². The number of ether oxygens (including phenoxy) is 1. The molecule has 0 unspecified atom stereocenters. The average molecular weight is 361 g/mol. The predicted octanol–water partition coefficient (Wildman–Crippen LogP) is 2.68. The number of pyridine rings is 1. The third-order valence-electron chi connectivity index (χ3n) is 3.84. The molecule has 27 heavy (non-hydrogen) atoms. The van der Waals surface area contributed by atoms with E-state index < -0.39 is 0 Å². The molecule has 0 aliphatic rings. The smallest absolute Gasteiger partial charge is 0.251 e. The lowest BCUT2D eigenvalue weighted by Crippen LogP contribution is -2.27. The van der Waals surface area contributed by atoms with Gasteiger partial charge in [0.05, 0.1) is 6.04 Å². The lowest BCUT2D eigenvalue weighted by molar-refractivity contribution is 0.0938. The first kappa shape index (κ1) is 18.1. The van der Waals surface area contributed by atoms with Gasteiger partial charge in [0.25, 0.3) is 5.91 Å². The Hall–Kier alpha value is -3.66. The van der Waals surface area contributed by atoms with Crippen molar-refractivity contribution in [3.8, 4) is 29.6 Å². The molecule has 7 nitrogen and oxygen atoms in total. The Morgan fingerprint density at radius 3 is 2.81 bits per heavy atom. The molecule has 0 spiro atoms. The van der Waals surface area contributed by atoms with Crippen LogP contribution < -0.4 is 10.1 Å².